The lowest BCUT2D eigenvalue weighted by Gasteiger charge is -2.04. The first-order valence-corrected chi connectivity index (χ1v) is 4.65. The highest BCUT2D eigenvalue weighted by molar-refractivity contribution is 6.29. The molecule has 0 unspecified atom stereocenters. The summed E-state index contributed by atoms with van der Waals surface area (Å²) in [6.45, 7) is 0. The maximum atomic E-state index is 12.6. The molecule has 1 heterocycles. The van der Waals surface area contributed by atoms with Gasteiger partial charge in [-0.1, -0.05) is 11.6 Å². The first kappa shape index (κ1) is 9.98. The predicted molar refractivity (Wildman–Crippen MR) is 54.7 cm³/mol. The van der Waals surface area contributed by atoms with Crippen molar-refractivity contribution in [3.63, 3.8) is 0 Å². The zero-order valence-corrected chi connectivity index (χ0v) is 8.70. The van der Waals surface area contributed by atoms with E-state index in [1.807, 2.05) is 0 Å². The third-order valence-corrected chi connectivity index (χ3v) is 2.26. The second-order valence-corrected chi connectivity index (χ2v) is 3.37. The molecule has 0 amide bonds. The second-order valence-electron chi connectivity index (χ2n) is 2.98. The van der Waals surface area contributed by atoms with Gasteiger partial charge >= 0.3 is 6.01 Å². The molecule has 15 heavy (non-hydrogen) atoms. The minimum Gasteiger partial charge on any atom is -0.425 e. The molecule has 0 N–H and O–H groups in total. The van der Waals surface area contributed by atoms with E-state index < -0.39 is 0 Å². The van der Waals surface area contributed by atoms with Crippen molar-refractivity contribution in [3.05, 3.63) is 41.4 Å². The van der Waals surface area contributed by atoms with Gasteiger partial charge in [0.15, 0.2) is 0 Å². The van der Waals surface area contributed by atoms with Crippen LogP contribution in [0.4, 0.5) is 4.39 Å². The average Bonchev–Trinajstić information content (AvgIpc) is 2.53. The van der Waals surface area contributed by atoms with Crippen molar-refractivity contribution in [2.45, 2.75) is 0 Å². The van der Waals surface area contributed by atoms with Gasteiger partial charge in [-0.15, -0.1) is 0 Å². The van der Waals surface area contributed by atoms with Crippen LogP contribution in [0.3, 0.4) is 0 Å². The number of hydrogen-bond donors (Lipinski definition) is 0. The Morgan fingerprint density at radius 2 is 2.00 bits per heavy atom. The van der Waals surface area contributed by atoms with Crippen molar-refractivity contribution in [3.8, 4) is 11.8 Å². The largest absolute Gasteiger partial charge is 0.425 e. The van der Waals surface area contributed by atoms with Crippen molar-refractivity contribution in [1.82, 2.24) is 9.55 Å². The Labute approximate surface area is 91.1 Å². The van der Waals surface area contributed by atoms with Crippen LogP contribution >= 0.6 is 11.6 Å². The van der Waals surface area contributed by atoms with E-state index in [4.69, 9.17) is 16.3 Å². The molecule has 1 aromatic heterocycles. The van der Waals surface area contributed by atoms with E-state index in [0.29, 0.717) is 16.9 Å². The van der Waals surface area contributed by atoms with Crippen LogP contribution in [0.15, 0.2) is 30.5 Å². The molecule has 1 aromatic carbocycles. The summed E-state index contributed by atoms with van der Waals surface area (Å²) in [5, 5.41) is 0.479. The molecule has 0 bridgehead atoms. The number of imidazole rings is 1. The molecule has 0 aliphatic carbocycles. The zero-order chi connectivity index (χ0) is 10.8. The number of rotatable bonds is 2. The molecule has 0 radical (unpaired) electrons. The summed E-state index contributed by atoms with van der Waals surface area (Å²) in [7, 11) is 1.73. The fourth-order valence-corrected chi connectivity index (χ4v) is 1.20. The highest BCUT2D eigenvalue weighted by atomic mass is 35.5. The van der Waals surface area contributed by atoms with Crippen LogP contribution in [-0.2, 0) is 7.05 Å². The molecule has 0 saturated carbocycles. The Hall–Kier alpha value is -1.55. The van der Waals surface area contributed by atoms with Crippen molar-refractivity contribution in [2.24, 2.45) is 7.05 Å². The highest BCUT2D eigenvalue weighted by Gasteiger charge is 2.06. The van der Waals surface area contributed by atoms with Crippen molar-refractivity contribution in [2.75, 3.05) is 0 Å². The second kappa shape index (κ2) is 3.90. The van der Waals surface area contributed by atoms with E-state index in [1.165, 1.54) is 30.5 Å². The normalized spacial score (nSPS) is 10.3. The highest BCUT2D eigenvalue weighted by Crippen LogP contribution is 2.22. The van der Waals surface area contributed by atoms with Gasteiger partial charge in [0.1, 0.15) is 16.7 Å². The topological polar surface area (TPSA) is 27.1 Å². The summed E-state index contributed by atoms with van der Waals surface area (Å²) in [4.78, 5) is 3.95. The number of hydrogen-bond acceptors (Lipinski definition) is 2. The molecule has 0 atom stereocenters. The molecular formula is C10H8ClFN2O. The lowest BCUT2D eigenvalue weighted by Crippen LogP contribution is -1.94. The van der Waals surface area contributed by atoms with E-state index in [-0.39, 0.29) is 5.82 Å². The molecule has 2 rings (SSSR count). The fraction of sp³-hybridized carbons (Fsp3) is 0.100. The lowest BCUT2D eigenvalue weighted by atomic mass is 10.3. The smallest absolute Gasteiger partial charge is 0.302 e. The first-order chi connectivity index (χ1) is 7.16. The average molecular weight is 227 g/mol. The molecule has 0 fully saturated rings. The number of nitrogens with zero attached hydrogens (tertiary/aromatic N) is 2. The molecule has 0 spiro atoms. The fourth-order valence-electron chi connectivity index (χ4n) is 1.08. The molecule has 3 nitrogen and oxygen atoms in total. The van der Waals surface area contributed by atoms with Gasteiger partial charge in [0.05, 0.1) is 6.20 Å². The van der Waals surface area contributed by atoms with Crippen molar-refractivity contribution < 1.29 is 9.13 Å². The number of ether oxygens (including phenoxy) is 1. The first-order valence-electron chi connectivity index (χ1n) is 4.27. The van der Waals surface area contributed by atoms with Crippen LogP contribution < -0.4 is 4.74 Å². The summed E-state index contributed by atoms with van der Waals surface area (Å²) in [6.07, 6.45) is 1.49. The van der Waals surface area contributed by atoms with Gasteiger partial charge in [-0.25, -0.2) is 9.37 Å². The van der Waals surface area contributed by atoms with Crippen LogP contribution in [0.25, 0.3) is 0 Å². The SMILES string of the molecule is Cn1c(Cl)cnc1Oc1ccc(F)cc1. The van der Waals surface area contributed by atoms with Gasteiger partial charge in [0.2, 0.25) is 0 Å². The summed E-state index contributed by atoms with van der Waals surface area (Å²) in [5.41, 5.74) is 0. The third-order valence-electron chi connectivity index (χ3n) is 1.91. The Morgan fingerprint density at radius 3 is 2.53 bits per heavy atom. The van der Waals surface area contributed by atoms with Crippen LogP contribution in [-0.4, -0.2) is 9.55 Å². The summed E-state index contributed by atoms with van der Waals surface area (Å²) in [5.74, 6) is 0.210. The van der Waals surface area contributed by atoms with Gasteiger partial charge in [-0.3, -0.25) is 4.57 Å². The Kier molecular flexibility index (Phi) is 2.60. The molecule has 5 heteroatoms. The van der Waals surface area contributed by atoms with Crippen LogP contribution in [0.2, 0.25) is 5.15 Å². The summed E-state index contributed by atoms with van der Waals surface area (Å²) >= 11 is 5.78. The van der Waals surface area contributed by atoms with Gasteiger partial charge < -0.3 is 4.74 Å². The Bertz CT molecular complexity index is 467. The van der Waals surface area contributed by atoms with Crippen molar-refractivity contribution in [1.29, 1.82) is 0 Å². The van der Waals surface area contributed by atoms with Gasteiger partial charge in [-0.2, -0.15) is 0 Å². The molecule has 0 saturated heterocycles. The lowest BCUT2D eigenvalue weighted by molar-refractivity contribution is 0.424. The van der Waals surface area contributed by atoms with E-state index in [0.717, 1.165) is 0 Å². The summed E-state index contributed by atoms with van der Waals surface area (Å²) in [6, 6.07) is 6.06. The maximum absolute atomic E-state index is 12.6. The van der Waals surface area contributed by atoms with E-state index in [1.54, 1.807) is 11.6 Å². The van der Waals surface area contributed by atoms with Crippen LogP contribution in [0.1, 0.15) is 0 Å². The molecular weight excluding hydrogens is 219 g/mol. The quantitative estimate of drug-likeness (QED) is 0.787. The van der Waals surface area contributed by atoms with Gasteiger partial charge in [-0.05, 0) is 24.3 Å². The van der Waals surface area contributed by atoms with E-state index in [9.17, 15) is 4.39 Å². The zero-order valence-electron chi connectivity index (χ0n) is 7.95. The third kappa shape index (κ3) is 2.10. The van der Waals surface area contributed by atoms with Crippen LogP contribution in [0, 0.1) is 5.82 Å². The maximum Gasteiger partial charge on any atom is 0.302 e. The summed E-state index contributed by atoms with van der Waals surface area (Å²) < 4.78 is 19.6. The predicted octanol–water partition coefficient (Wildman–Crippen LogP) is 3.00. The molecule has 0 aliphatic rings. The number of aromatic nitrogens is 2. The van der Waals surface area contributed by atoms with Crippen molar-refractivity contribution >= 4 is 11.6 Å². The van der Waals surface area contributed by atoms with Gasteiger partial charge in [0, 0.05) is 7.05 Å². The molecule has 2 aromatic rings. The number of benzene rings is 1. The Balaban J connectivity index is 2.22. The monoisotopic (exact) mass is 226 g/mol. The van der Waals surface area contributed by atoms with E-state index >= 15 is 0 Å². The van der Waals surface area contributed by atoms with E-state index in [2.05, 4.69) is 4.98 Å². The minimum absolute atomic E-state index is 0.305. The van der Waals surface area contributed by atoms with Gasteiger partial charge in [0.25, 0.3) is 0 Å². The standard InChI is InChI=1S/C10H8ClFN2O/c1-14-9(11)6-13-10(14)15-8-4-2-7(12)3-5-8/h2-6H,1H3. The minimum atomic E-state index is -0.305. The van der Waals surface area contributed by atoms with Crippen LogP contribution in [0.5, 0.6) is 11.8 Å². The molecule has 78 valence electrons. The number of halogens is 2. The Morgan fingerprint density at radius 1 is 1.33 bits per heavy atom. The molecule has 0 aliphatic heterocycles.